The number of alkyl halides is 2. The van der Waals surface area contributed by atoms with Crippen LogP contribution >= 0.6 is 15.9 Å². The molecule has 8 heteroatoms. The van der Waals surface area contributed by atoms with E-state index in [0.29, 0.717) is 19.6 Å². The largest absolute Gasteiger partial charge is 0.383 e. The molecule has 1 N–H and O–H groups in total. The third kappa shape index (κ3) is 5.43. The fourth-order valence-electron chi connectivity index (χ4n) is 1.87. The average molecular weight is 356 g/mol. The molecule has 1 rings (SSSR count). The van der Waals surface area contributed by atoms with Crippen LogP contribution in [0.4, 0.5) is 8.78 Å². The van der Waals surface area contributed by atoms with Gasteiger partial charge in [0, 0.05) is 13.7 Å². The molecule has 0 bridgehead atoms. The maximum atomic E-state index is 12.0. The van der Waals surface area contributed by atoms with Crippen LogP contribution < -0.4 is 5.32 Å². The van der Waals surface area contributed by atoms with Crippen molar-refractivity contribution in [1.82, 2.24) is 15.1 Å². The lowest BCUT2D eigenvalue weighted by atomic mass is 10.1. The summed E-state index contributed by atoms with van der Waals surface area (Å²) in [5.41, 5.74) is 0.963. The van der Waals surface area contributed by atoms with Gasteiger partial charge in [0.1, 0.15) is 6.61 Å². The maximum Gasteiger partial charge on any atom is 0.261 e. The second-order valence-corrected chi connectivity index (χ2v) is 5.04. The molecule has 1 atom stereocenters. The Labute approximate surface area is 125 Å². The zero-order chi connectivity index (χ0) is 15.0. The summed E-state index contributed by atoms with van der Waals surface area (Å²) in [6.45, 7) is 0.922. The number of nitrogens with zero attached hydrogens (tertiary/aromatic N) is 2. The zero-order valence-electron chi connectivity index (χ0n) is 11.6. The SMILES string of the molecule is CNC(CCOCC(F)F)c1c(Br)cnn1CCOC. The van der Waals surface area contributed by atoms with Gasteiger partial charge in [0.15, 0.2) is 0 Å². The van der Waals surface area contributed by atoms with E-state index in [1.807, 2.05) is 11.7 Å². The van der Waals surface area contributed by atoms with Crippen molar-refractivity contribution < 1.29 is 18.3 Å². The number of hydrogen-bond donors (Lipinski definition) is 1. The lowest BCUT2D eigenvalue weighted by Gasteiger charge is -2.19. The van der Waals surface area contributed by atoms with Gasteiger partial charge in [-0.1, -0.05) is 0 Å². The molecule has 0 saturated heterocycles. The van der Waals surface area contributed by atoms with Gasteiger partial charge in [0.25, 0.3) is 6.43 Å². The van der Waals surface area contributed by atoms with Crippen LogP contribution in [-0.2, 0) is 16.0 Å². The molecule has 0 spiro atoms. The predicted octanol–water partition coefficient (Wildman–Crippen LogP) is 2.22. The minimum absolute atomic E-state index is 0.0265. The fraction of sp³-hybridized carbons (Fsp3) is 0.750. The van der Waals surface area contributed by atoms with Crippen LogP contribution in [0, 0.1) is 0 Å². The molecule has 0 aromatic carbocycles. The highest BCUT2D eigenvalue weighted by Crippen LogP contribution is 2.25. The third-order valence-corrected chi connectivity index (χ3v) is 3.42. The quantitative estimate of drug-likeness (QED) is 0.654. The minimum atomic E-state index is -2.43. The van der Waals surface area contributed by atoms with Crippen molar-refractivity contribution in [2.45, 2.75) is 25.4 Å². The molecular weight excluding hydrogens is 336 g/mol. The summed E-state index contributed by atoms with van der Waals surface area (Å²) >= 11 is 3.46. The van der Waals surface area contributed by atoms with Crippen molar-refractivity contribution in [3.05, 3.63) is 16.4 Å². The highest BCUT2D eigenvalue weighted by molar-refractivity contribution is 9.10. The van der Waals surface area contributed by atoms with Gasteiger partial charge in [-0.3, -0.25) is 4.68 Å². The van der Waals surface area contributed by atoms with Crippen LogP contribution in [0.2, 0.25) is 0 Å². The van der Waals surface area contributed by atoms with Gasteiger partial charge in [-0.05, 0) is 29.4 Å². The molecule has 5 nitrogen and oxygen atoms in total. The van der Waals surface area contributed by atoms with Crippen molar-refractivity contribution in [2.75, 3.05) is 34.0 Å². The van der Waals surface area contributed by atoms with Crippen LogP contribution in [-0.4, -0.2) is 50.2 Å². The standard InChI is InChI=1S/C12H20BrF2N3O2/c1-16-10(3-5-20-8-11(14)15)12-9(13)7-17-18(12)4-6-19-2/h7,10-11,16H,3-6,8H2,1-2H3. The second kappa shape index (κ2) is 9.38. The Morgan fingerprint density at radius 1 is 1.45 bits per heavy atom. The topological polar surface area (TPSA) is 48.3 Å². The van der Waals surface area contributed by atoms with Gasteiger partial charge in [-0.2, -0.15) is 5.10 Å². The highest BCUT2D eigenvalue weighted by Gasteiger charge is 2.18. The molecule has 1 unspecified atom stereocenters. The zero-order valence-corrected chi connectivity index (χ0v) is 13.2. The average Bonchev–Trinajstić information content (AvgIpc) is 2.78. The van der Waals surface area contributed by atoms with Crippen LogP contribution in [0.25, 0.3) is 0 Å². The molecule has 1 heterocycles. The summed E-state index contributed by atoms with van der Waals surface area (Å²) in [5, 5.41) is 7.42. The van der Waals surface area contributed by atoms with Crippen LogP contribution in [0.3, 0.4) is 0 Å². The molecule has 0 aliphatic rings. The van der Waals surface area contributed by atoms with E-state index in [1.165, 1.54) is 0 Å². The first kappa shape index (κ1) is 17.5. The van der Waals surface area contributed by atoms with Gasteiger partial charge in [0.2, 0.25) is 0 Å². The van der Waals surface area contributed by atoms with E-state index in [4.69, 9.17) is 9.47 Å². The predicted molar refractivity (Wildman–Crippen MR) is 75.0 cm³/mol. The molecule has 0 radical (unpaired) electrons. The first-order valence-corrected chi connectivity index (χ1v) is 7.12. The second-order valence-electron chi connectivity index (χ2n) is 4.19. The third-order valence-electron chi connectivity index (χ3n) is 2.81. The monoisotopic (exact) mass is 355 g/mol. The van der Waals surface area contributed by atoms with E-state index in [2.05, 4.69) is 26.3 Å². The van der Waals surface area contributed by atoms with Crippen molar-refractivity contribution in [1.29, 1.82) is 0 Å². The van der Waals surface area contributed by atoms with Crippen molar-refractivity contribution in [2.24, 2.45) is 0 Å². The van der Waals surface area contributed by atoms with Crippen molar-refractivity contribution >= 4 is 15.9 Å². The Morgan fingerprint density at radius 3 is 2.80 bits per heavy atom. The summed E-state index contributed by atoms with van der Waals surface area (Å²) in [6.07, 6.45) is -0.127. The molecule has 0 fully saturated rings. The molecular formula is C12H20BrF2N3O2. The first-order valence-electron chi connectivity index (χ1n) is 6.33. The van der Waals surface area contributed by atoms with Gasteiger partial charge >= 0.3 is 0 Å². The number of methoxy groups -OCH3 is 1. The highest BCUT2D eigenvalue weighted by atomic mass is 79.9. The number of nitrogens with one attached hydrogen (secondary N) is 1. The van der Waals surface area contributed by atoms with E-state index in [0.717, 1.165) is 10.2 Å². The molecule has 0 aliphatic heterocycles. The van der Waals surface area contributed by atoms with Crippen LogP contribution in [0.5, 0.6) is 0 Å². The molecule has 116 valence electrons. The molecule has 0 saturated carbocycles. The van der Waals surface area contributed by atoms with Crippen molar-refractivity contribution in [3.63, 3.8) is 0 Å². The number of rotatable bonds is 10. The smallest absolute Gasteiger partial charge is 0.261 e. The first-order chi connectivity index (χ1) is 9.60. The van der Waals surface area contributed by atoms with Gasteiger partial charge in [-0.15, -0.1) is 0 Å². The minimum Gasteiger partial charge on any atom is -0.383 e. The maximum absolute atomic E-state index is 12.0. The summed E-state index contributed by atoms with van der Waals surface area (Å²) in [7, 11) is 3.45. The lowest BCUT2D eigenvalue weighted by molar-refractivity contribution is 0.0143. The molecule has 20 heavy (non-hydrogen) atoms. The van der Waals surface area contributed by atoms with E-state index in [9.17, 15) is 8.78 Å². The summed E-state index contributed by atoms with van der Waals surface area (Å²) < 4.78 is 36.7. The molecule has 1 aromatic rings. The number of aromatic nitrogens is 2. The molecule has 0 amide bonds. The molecule has 0 aliphatic carbocycles. The van der Waals surface area contributed by atoms with Crippen molar-refractivity contribution in [3.8, 4) is 0 Å². The van der Waals surface area contributed by atoms with Gasteiger partial charge in [-0.25, -0.2) is 8.78 Å². The van der Waals surface area contributed by atoms with Crippen LogP contribution in [0.15, 0.2) is 10.7 Å². The molecule has 1 aromatic heterocycles. The van der Waals surface area contributed by atoms with Crippen LogP contribution in [0.1, 0.15) is 18.2 Å². The lowest BCUT2D eigenvalue weighted by Crippen LogP contribution is -2.23. The summed E-state index contributed by atoms with van der Waals surface area (Å²) in [5.74, 6) is 0. The van der Waals surface area contributed by atoms with E-state index in [1.54, 1.807) is 13.3 Å². The number of hydrogen-bond acceptors (Lipinski definition) is 4. The number of halogens is 3. The summed E-state index contributed by atoms with van der Waals surface area (Å²) in [6, 6.07) is -0.0265. The normalized spacial score (nSPS) is 13.1. The Hall–Kier alpha value is -0.570. The number of ether oxygens (including phenoxy) is 2. The Balaban J connectivity index is 2.61. The Kier molecular flexibility index (Phi) is 8.20. The van der Waals surface area contributed by atoms with Gasteiger partial charge < -0.3 is 14.8 Å². The van der Waals surface area contributed by atoms with Gasteiger partial charge in [0.05, 0.1) is 35.6 Å². The van der Waals surface area contributed by atoms with E-state index >= 15 is 0 Å². The van der Waals surface area contributed by atoms with E-state index in [-0.39, 0.29) is 12.6 Å². The fourth-order valence-corrected chi connectivity index (χ4v) is 2.44. The van der Waals surface area contributed by atoms with E-state index < -0.39 is 13.0 Å². The Morgan fingerprint density at radius 2 is 2.20 bits per heavy atom. The Bertz CT molecular complexity index is 391. The summed E-state index contributed by atoms with van der Waals surface area (Å²) in [4.78, 5) is 0.